The molecule has 2 rings (SSSR count). The van der Waals surface area contributed by atoms with Crippen LogP contribution in [0.3, 0.4) is 0 Å². The lowest BCUT2D eigenvalue weighted by atomic mass is 10.1. The van der Waals surface area contributed by atoms with Crippen LogP contribution in [0.4, 0.5) is 18.9 Å². The van der Waals surface area contributed by atoms with Gasteiger partial charge in [0.15, 0.2) is 0 Å². The molecule has 0 spiro atoms. The minimum Gasteiger partial charge on any atom is -0.497 e. The fourth-order valence-corrected chi connectivity index (χ4v) is 3.10. The van der Waals surface area contributed by atoms with Crippen LogP contribution < -0.4 is 9.46 Å². The van der Waals surface area contributed by atoms with Gasteiger partial charge in [-0.1, -0.05) is 6.07 Å². The summed E-state index contributed by atoms with van der Waals surface area (Å²) >= 11 is 0. The van der Waals surface area contributed by atoms with Crippen molar-refractivity contribution in [1.29, 1.82) is 0 Å². The number of methoxy groups -OCH3 is 1. The molecule has 2 N–H and O–H groups in total. The number of ether oxygens (including phenoxy) is 1. The second-order valence-electron chi connectivity index (χ2n) is 4.85. The van der Waals surface area contributed by atoms with Crippen LogP contribution in [0.15, 0.2) is 47.4 Å². The maximum atomic E-state index is 13.1. The van der Waals surface area contributed by atoms with Crippen LogP contribution in [-0.4, -0.2) is 26.6 Å². The Bertz CT molecular complexity index is 910. The van der Waals surface area contributed by atoms with Crippen molar-refractivity contribution in [3.63, 3.8) is 0 Å². The minimum atomic E-state index is -4.82. The smallest absolute Gasteiger partial charge is 0.418 e. The summed E-state index contributed by atoms with van der Waals surface area (Å²) in [5.41, 5.74) is -2.24. The monoisotopic (exact) mass is 375 g/mol. The molecule has 10 heteroatoms. The maximum Gasteiger partial charge on any atom is 0.418 e. The Morgan fingerprint density at radius 2 is 1.84 bits per heavy atom. The number of aromatic carboxylic acids is 1. The van der Waals surface area contributed by atoms with Crippen LogP contribution in [0.25, 0.3) is 0 Å². The predicted octanol–water partition coefficient (Wildman–Crippen LogP) is 3.21. The molecular weight excluding hydrogens is 363 g/mol. The molecule has 2 aromatic rings. The highest BCUT2D eigenvalue weighted by Gasteiger charge is 2.35. The quantitative estimate of drug-likeness (QED) is 0.837. The first-order chi connectivity index (χ1) is 11.5. The number of hydrogen-bond acceptors (Lipinski definition) is 4. The van der Waals surface area contributed by atoms with E-state index in [1.54, 1.807) is 0 Å². The van der Waals surface area contributed by atoms with Gasteiger partial charge < -0.3 is 9.84 Å². The molecule has 0 amide bonds. The van der Waals surface area contributed by atoms with E-state index in [1.807, 2.05) is 4.72 Å². The van der Waals surface area contributed by atoms with Gasteiger partial charge in [0.25, 0.3) is 10.0 Å². The fraction of sp³-hybridized carbons (Fsp3) is 0.133. The average molecular weight is 375 g/mol. The second-order valence-corrected chi connectivity index (χ2v) is 6.53. The molecule has 0 aliphatic rings. The summed E-state index contributed by atoms with van der Waals surface area (Å²) in [4.78, 5) is 10.4. The zero-order valence-corrected chi connectivity index (χ0v) is 13.5. The molecule has 0 heterocycles. The number of halogens is 3. The lowest BCUT2D eigenvalue weighted by Crippen LogP contribution is -2.17. The van der Waals surface area contributed by atoms with Crippen LogP contribution in [0.2, 0.25) is 0 Å². The van der Waals surface area contributed by atoms with E-state index >= 15 is 0 Å². The van der Waals surface area contributed by atoms with Crippen LogP contribution in [-0.2, 0) is 16.2 Å². The molecule has 6 nitrogen and oxygen atoms in total. The van der Waals surface area contributed by atoms with Crippen LogP contribution in [0.1, 0.15) is 15.9 Å². The van der Waals surface area contributed by atoms with Gasteiger partial charge in [0, 0.05) is 0 Å². The van der Waals surface area contributed by atoms with E-state index in [4.69, 9.17) is 9.84 Å². The Hall–Kier alpha value is -2.75. The Balaban J connectivity index is 2.48. The fourth-order valence-electron chi connectivity index (χ4n) is 1.97. The Morgan fingerprint density at radius 3 is 2.40 bits per heavy atom. The van der Waals surface area contributed by atoms with Gasteiger partial charge in [-0.15, -0.1) is 0 Å². The molecule has 134 valence electrons. The molecule has 0 radical (unpaired) electrons. The first-order valence-electron chi connectivity index (χ1n) is 6.66. The normalized spacial score (nSPS) is 11.8. The topological polar surface area (TPSA) is 92.7 Å². The third-order valence-electron chi connectivity index (χ3n) is 3.17. The van der Waals surface area contributed by atoms with Gasteiger partial charge in [0.05, 0.1) is 28.8 Å². The summed E-state index contributed by atoms with van der Waals surface area (Å²) in [5, 5.41) is 8.90. The SMILES string of the molecule is COc1ccc(NS(=O)(=O)c2cccc(C(=O)O)c2)c(C(F)(F)F)c1. The van der Waals surface area contributed by atoms with Crippen molar-refractivity contribution >= 4 is 21.7 Å². The van der Waals surface area contributed by atoms with Crippen molar-refractivity contribution in [2.75, 3.05) is 11.8 Å². The molecule has 0 bridgehead atoms. The third kappa shape index (κ3) is 4.21. The summed E-state index contributed by atoms with van der Waals surface area (Å²) in [6.45, 7) is 0. The first kappa shape index (κ1) is 18.6. The number of sulfonamides is 1. The molecule has 0 unspecified atom stereocenters. The van der Waals surface area contributed by atoms with Crippen LogP contribution in [0.5, 0.6) is 5.75 Å². The van der Waals surface area contributed by atoms with E-state index in [1.165, 1.54) is 19.2 Å². The second kappa shape index (κ2) is 6.63. The molecule has 0 aliphatic carbocycles. The Labute approximate surface area is 140 Å². The Morgan fingerprint density at radius 1 is 1.16 bits per heavy atom. The van der Waals surface area contributed by atoms with Crippen molar-refractivity contribution in [2.45, 2.75) is 11.1 Å². The van der Waals surface area contributed by atoms with E-state index in [2.05, 4.69) is 0 Å². The van der Waals surface area contributed by atoms with E-state index in [-0.39, 0.29) is 11.3 Å². The highest BCUT2D eigenvalue weighted by Crippen LogP contribution is 2.38. The number of nitrogens with one attached hydrogen (secondary N) is 1. The number of benzene rings is 2. The summed E-state index contributed by atoms with van der Waals surface area (Å²) in [5.74, 6) is -1.46. The summed E-state index contributed by atoms with van der Waals surface area (Å²) in [6.07, 6.45) is -4.82. The largest absolute Gasteiger partial charge is 0.497 e. The maximum absolute atomic E-state index is 13.1. The average Bonchev–Trinajstić information content (AvgIpc) is 2.54. The lowest BCUT2D eigenvalue weighted by molar-refractivity contribution is -0.137. The standard InChI is InChI=1S/C15H12F3NO5S/c1-24-10-5-6-13(12(8-10)15(16,17)18)19-25(22,23)11-4-2-3-9(7-11)14(20)21/h2-8,19H,1H3,(H,20,21). The molecule has 0 saturated carbocycles. The van der Waals surface area contributed by atoms with E-state index in [0.29, 0.717) is 6.07 Å². The van der Waals surface area contributed by atoms with E-state index in [9.17, 15) is 26.4 Å². The van der Waals surface area contributed by atoms with Gasteiger partial charge in [-0.25, -0.2) is 13.2 Å². The van der Waals surface area contributed by atoms with Crippen molar-refractivity contribution in [3.8, 4) is 5.75 Å². The summed E-state index contributed by atoms with van der Waals surface area (Å²) < 4.78 is 70.6. The molecule has 25 heavy (non-hydrogen) atoms. The van der Waals surface area contributed by atoms with Crippen molar-refractivity contribution in [1.82, 2.24) is 0 Å². The lowest BCUT2D eigenvalue weighted by Gasteiger charge is -2.16. The zero-order chi connectivity index (χ0) is 18.8. The minimum absolute atomic E-state index is 0.0943. The van der Waals surface area contributed by atoms with Crippen molar-refractivity contribution in [2.24, 2.45) is 0 Å². The summed E-state index contributed by atoms with van der Waals surface area (Å²) in [6, 6.07) is 7.01. The number of alkyl halides is 3. The molecule has 0 aromatic heterocycles. The third-order valence-corrected chi connectivity index (χ3v) is 4.53. The predicted molar refractivity (Wildman–Crippen MR) is 82.2 cm³/mol. The molecule has 0 aliphatic heterocycles. The molecule has 2 aromatic carbocycles. The van der Waals surface area contributed by atoms with Crippen molar-refractivity contribution in [3.05, 3.63) is 53.6 Å². The molecule has 0 fully saturated rings. The summed E-state index contributed by atoms with van der Waals surface area (Å²) in [7, 11) is -3.25. The Kier molecular flexibility index (Phi) is 4.93. The number of rotatable bonds is 5. The van der Waals surface area contributed by atoms with Gasteiger partial charge in [0.2, 0.25) is 0 Å². The number of hydrogen-bond donors (Lipinski definition) is 2. The molecule has 0 saturated heterocycles. The zero-order valence-electron chi connectivity index (χ0n) is 12.7. The number of carbonyl (C=O) groups is 1. The highest BCUT2D eigenvalue weighted by atomic mass is 32.2. The number of anilines is 1. The van der Waals surface area contributed by atoms with Gasteiger partial charge >= 0.3 is 12.1 Å². The van der Waals surface area contributed by atoms with E-state index in [0.717, 1.165) is 24.3 Å². The van der Waals surface area contributed by atoms with Gasteiger partial charge in [-0.3, -0.25) is 4.72 Å². The molecular formula is C15H12F3NO5S. The van der Waals surface area contributed by atoms with Gasteiger partial charge in [0.1, 0.15) is 5.75 Å². The van der Waals surface area contributed by atoms with Gasteiger partial charge in [-0.05, 0) is 36.4 Å². The first-order valence-corrected chi connectivity index (χ1v) is 8.14. The van der Waals surface area contributed by atoms with Crippen molar-refractivity contribution < 1.29 is 36.2 Å². The van der Waals surface area contributed by atoms with E-state index < -0.39 is 38.3 Å². The number of carboxylic acid groups (broad SMARTS) is 1. The molecule has 0 atom stereocenters. The van der Waals surface area contributed by atoms with Crippen LogP contribution in [0, 0.1) is 0 Å². The highest BCUT2D eigenvalue weighted by molar-refractivity contribution is 7.92. The van der Waals surface area contributed by atoms with Gasteiger partial charge in [-0.2, -0.15) is 13.2 Å². The number of carboxylic acids is 1. The van der Waals surface area contributed by atoms with Crippen LogP contribution >= 0.6 is 0 Å².